The molecule has 1 aromatic rings. The first kappa shape index (κ1) is 13.1. The predicted molar refractivity (Wildman–Crippen MR) is 72.0 cm³/mol. The minimum Gasteiger partial charge on any atom is -0.487 e. The van der Waals surface area contributed by atoms with Crippen LogP contribution < -0.4 is 10.1 Å². The van der Waals surface area contributed by atoms with Crippen LogP contribution in [0.25, 0.3) is 0 Å². The maximum Gasteiger partial charge on any atom is 0.168 e. The van der Waals surface area contributed by atoms with Gasteiger partial charge in [-0.1, -0.05) is 0 Å². The van der Waals surface area contributed by atoms with Crippen molar-refractivity contribution in [1.82, 2.24) is 4.98 Å². The third kappa shape index (κ3) is 3.35. The minimum absolute atomic E-state index is 0.153. The second kappa shape index (κ2) is 6.05. The van der Waals surface area contributed by atoms with Crippen molar-refractivity contribution in [3.63, 3.8) is 0 Å². The molecule has 1 fully saturated rings. The molecule has 0 spiro atoms. The zero-order valence-corrected chi connectivity index (χ0v) is 11.3. The van der Waals surface area contributed by atoms with Gasteiger partial charge in [-0.2, -0.15) is 0 Å². The largest absolute Gasteiger partial charge is 0.487 e. The van der Waals surface area contributed by atoms with E-state index >= 15 is 0 Å². The van der Waals surface area contributed by atoms with Crippen LogP contribution in [0.4, 0.5) is 5.82 Å². The Morgan fingerprint density at radius 1 is 1.44 bits per heavy atom. The molecule has 4 nitrogen and oxygen atoms in total. The first-order valence-electron chi connectivity index (χ1n) is 6.62. The van der Waals surface area contributed by atoms with Crippen molar-refractivity contribution in [3.8, 4) is 5.75 Å². The Balaban J connectivity index is 2.03. The molecule has 4 heteroatoms. The van der Waals surface area contributed by atoms with Crippen LogP contribution in [0.1, 0.15) is 27.2 Å². The maximum atomic E-state index is 5.75. The summed E-state index contributed by atoms with van der Waals surface area (Å²) in [4.78, 5) is 4.37. The third-order valence-electron chi connectivity index (χ3n) is 3.17. The first-order valence-corrected chi connectivity index (χ1v) is 6.62. The Kier molecular flexibility index (Phi) is 4.42. The Hall–Kier alpha value is -1.29. The van der Waals surface area contributed by atoms with Gasteiger partial charge in [0.2, 0.25) is 0 Å². The summed E-state index contributed by atoms with van der Waals surface area (Å²) < 4.78 is 11.2. The molecule has 1 aliphatic heterocycles. The molecule has 0 aromatic carbocycles. The lowest BCUT2D eigenvalue weighted by molar-refractivity contribution is 0.183. The molecule has 100 valence electrons. The minimum atomic E-state index is 0.153. The Morgan fingerprint density at radius 3 is 2.94 bits per heavy atom. The van der Waals surface area contributed by atoms with E-state index in [9.17, 15) is 0 Å². The molecule has 0 bridgehead atoms. The highest BCUT2D eigenvalue weighted by Gasteiger charge is 2.23. The molecule has 2 heterocycles. The van der Waals surface area contributed by atoms with E-state index < -0.39 is 0 Å². The number of aromatic nitrogens is 1. The molecule has 1 saturated heterocycles. The van der Waals surface area contributed by atoms with Crippen molar-refractivity contribution in [1.29, 1.82) is 0 Å². The smallest absolute Gasteiger partial charge is 0.168 e. The average molecular weight is 250 g/mol. The van der Waals surface area contributed by atoms with Gasteiger partial charge in [0.25, 0.3) is 0 Å². The van der Waals surface area contributed by atoms with Crippen LogP contribution in [0.2, 0.25) is 0 Å². The fourth-order valence-electron chi connectivity index (χ4n) is 2.13. The highest BCUT2D eigenvalue weighted by molar-refractivity contribution is 5.50. The number of hydrogen-bond donors (Lipinski definition) is 1. The molecule has 1 N–H and O–H groups in total. The number of hydrogen-bond acceptors (Lipinski definition) is 4. The van der Waals surface area contributed by atoms with E-state index in [4.69, 9.17) is 9.47 Å². The van der Waals surface area contributed by atoms with Crippen molar-refractivity contribution >= 4 is 5.82 Å². The molecule has 1 aliphatic rings. The van der Waals surface area contributed by atoms with Crippen molar-refractivity contribution in [2.75, 3.05) is 18.5 Å². The van der Waals surface area contributed by atoms with Gasteiger partial charge in [-0.3, -0.25) is 0 Å². The standard InChI is InChI=1S/C14H22N2O2/c1-10(2)18-13-5-4-7-15-14(13)16-11(3)12-6-8-17-9-12/h4-5,7,10-12H,6,8-9H2,1-3H3,(H,15,16). The molecule has 2 unspecified atom stereocenters. The van der Waals surface area contributed by atoms with E-state index in [1.807, 2.05) is 26.0 Å². The van der Waals surface area contributed by atoms with E-state index in [-0.39, 0.29) is 6.10 Å². The van der Waals surface area contributed by atoms with Crippen LogP contribution in [0.3, 0.4) is 0 Å². The van der Waals surface area contributed by atoms with Crippen LogP contribution in [0, 0.1) is 5.92 Å². The molecule has 2 rings (SSSR count). The SMILES string of the molecule is CC(C)Oc1cccnc1NC(C)C1CCOC1. The molecule has 1 aromatic heterocycles. The van der Waals surface area contributed by atoms with Gasteiger partial charge in [0.05, 0.1) is 12.7 Å². The van der Waals surface area contributed by atoms with E-state index in [0.717, 1.165) is 31.2 Å². The number of pyridine rings is 1. The normalized spacial score (nSPS) is 21.0. The van der Waals surface area contributed by atoms with Gasteiger partial charge < -0.3 is 14.8 Å². The van der Waals surface area contributed by atoms with Crippen molar-refractivity contribution in [2.45, 2.75) is 39.3 Å². The average Bonchev–Trinajstić information content (AvgIpc) is 2.84. The quantitative estimate of drug-likeness (QED) is 0.872. The van der Waals surface area contributed by atoms with E-state index in [0.29, 0.717) is 12.0 Å². The van der Waals surface area contributed by atoms with Crippen molar-refractivity contribution < 1.29 is 9.47 Å². The lowest BCUT2D eigenvalue weighted by atomic mass is 10.0. The molecule has 0 aliphatic carbocycles. The zero-order chi connectivity index (χ0) is 13.0. The summed E-state index contributed by atoms with van der Waals surface area (Å²) in [5.41, 5.74) is 0. The Morgan fingerprint density at radius 2 is 2.28 bits per heavy atom. The monoisotopic (exact) mass is 250 g/mol. The summed E-state index contributed by atoms with van der Waals surface area (Å²) in [7, 11) is 0. The topological polar surface area (TPSA) is 43.4 Å². The van der Waals surface area contributed by atoms with Gasteiger partial charge in [-0.25, -0.2) is 4.98 Å². The summed E-state index contributed by atoms with van der Waals surface area (Å²) in [6, 6.07) is 4.19. The zero-order valence-electron chi connectivity index (χ0n) is 11.3. The second-order valence-electron chi connectivity index (χ2n) is 5.07. The predicted octanol–water partition coefficient (Wildman–Crippen LogP) is 2.71. The van der Waals surface area contributed by atoms with Crippen molar-refractivity contribution in [3.05, 3.63) is 18.3 Å². The molecular formula is C14H22N2O2. The van der Waals surface area contributed by atoms with Gasteiger partial charge in [0, 0.05) is 24.8 Å². The summed E-state index contributed by atoms with van der Waals surface area (Å²) in [5, 5.41) is 3.44. The molecule has 18 heavy (non-hydrogen) atoms. The number of ether oxygens (including phenoxy) is 2. The Labute approximate surface area is 109 Å². The molecule has 2 atom stereocenters. The fraction of sp³-hybridized carbons (Fsp3) is 0.643. The highest BCUT2D eigenvalue weighted by atomic mass is 16.5. The van der Waals surface area contributed by atoms with Crippen LogP contribution >= 0.6 is 0 Å². The number of rotatable bonds is 5. The molecule has 0 radical (unpaired) electrons. The summed E-state index contributed by atoms with van der Waals surface area (Å²) in [6.45, 7) is 7.92. The number of nitrogens with one attached hydrogen (secondary N) is 1. The van der Waals surface area contributed by atoms with Crippen LogP contribution in [-0.2, 0) is 4.74 Å². The first-order chi connectivity index (χ1) is 8.66. The summed E-state index contributed by atoms with van der Waals surface area (Å²) >= 11 is 0. The molecule has 0 saturated carbocycles. The maximum absolute atomic E-state index is 5.75. The van der Waals surface area contributed by atoms with Crippen LogP contribution in [0.5, 0.6) is 5.75 Å². The number of nitrogens with zero attached hydrogens (tertiary/aromatic N) is 1. The summed E-state index contributed by atoms with van der Waals surface area (Å²) in [5.74, 6) is 2.20. The highest BCUT2D eigenvalue weighted by Crippen LogP contribution is 2.26. The lowest BCUT2D eigenvalue weighted by Crippen LogP contribution is -2.27. The number of anilines is 1. The fourth-order valence-corrected chi connectivity index (χ4v) is 2.13. The van der Waals surface area contributed by atoms with E-state index in [2.05, 4.69) is 17.2 Å². The Bertz CT molecular complexity index is 376. The lowest BCUT2D eigenvalue weighted by Gasteiger charge is -2.22. The van der Waals surface area contributed by atoms with Gasteiger partial charge in [0.1, 0.15) is 0 Å². The van der Waals surface area contributed by atoms with Crippen LogP contribution in [-0.4, -0.2) is 30.3 Å². The van der Waals surface area contributed by atoms with E-state index in [1.165, 1.54) is 0 Å². The third-order valence-corrected chi connectivity index (χ3v) is 3.17. The van der Waals surface area contributed by atoms with Gasteiger partial charge in [0.15, 0.2) is 11.6 Å². The molecular weight excluding hydrogens is 228 g/mol. The van der Waals surface area contributed by atoms with Gasteiger partial charge in [-0.05, 0) is 39.3 Å². The second-order valence-corrected chi connectivity index (χ2v) is 5.07. The van der Waals surface area contributed by atoms with Crippen molar-refractivity contribution in [2.24, 2.45) is 5.92 Å². The van der Waals surface area contributed by atoms with Crippen LogP contribution in [0.15, 0.2) is 18.3 Å². The van der Waals surface area contributed by atoms with E-state index in [1.54, 1.807) is 6.20 Å². The van der Waals surface area contributed by atoms with Gasteiger partial charge >= 0.3 is 0 Å². The summed E-state index contributed by atoms with van der Waals surface area (Å²) in [6.07, 6.45) is 3.05. The van der Waals surface area contributed by atoms with Gasteiger partial charge in [-0.15, -0.1) is 0 Å². The molecule has 0 amide bonds.